The molecule has 2 atom stereocenters. The molecule has 0 N–H and O–H groups in total. The Morgan fingerprint density at radius 1 is 1.33 bits per heavy atom. The lowest BCUT2D eigenvalue weighted by atomic mass is 10.2. The van der Waals surface area contributed by atoms with Crippen molar-refractivity contribution in [1.82, 2.24) is 4.90 Å². The van der Waals surface area contributed by atoms with Crippen molar-refractivity contribution in [3.63, 3.8) is 0 Å². The van der Waals surface area contributed by atoms with Gasteiger partial charge < -0.3 is 9.64 Å². The van der Waals surface area contributed by atoms with Gasteiger partial charge in [-0.1, -0.05) is 24.8 Å². The Kier molecular flexibility index (Phi) is 5.07. The number of hydrogen-bond acceptors (Lipinski definition) is 4. The quantitative estimate of drug-likeness (QED) is 0.633. The number of nitrogens with zero attached hydrogens (tertiary/aromatic N) is 1. The fourth-order valence-electron chi connectivity index (χ4n) is 2.40. The van der Waals surface area contributed by atoms with Gasteiger partial charge in [0.25, 0.3) is 0 Å². The molecule has 1 aromatic rings. The third kappa shape index (κ3) is 3.67. The number of ether oxygens (including phenoxy) is 1. The van der Waals surface area contributed by atoms with Crippen molar-refractivity contribution in [2.75, 3.05) is 13.7 Å². The minimum absolute atomic E-state index is 0.179. The monoisotopic (exact) mass is 305 g/mol. The molecule has 2 rings (SSSR count). The molecule has 0 spiro atoms. The van der Waals surface area contributed by atoms with E-state index in [0.29, 0.717) is 18.5 Å². The fraction of sp³-hybridized carbons (Fsp3) is 0.375. The Hall–Kier alpha value is -1.75. The van der Waals surface area contributed by atoms with Crippen LogP contribution in [0.3, 0.4) is 0 Å². The van der Waals surface area contributed by atoms with Crippen LogP contribution in [-0.2, 0) is 14.3 Å². The maximum atomic E-state index is 12.2. The summed E-state index contributed by atoms with van der Waals surface area (Å²) in [7, 11) is 1.35. The van der Waals surface area contributed by atoms with Crippen LogP contribution in [0.5, 0.6) is 0 Å². The number of thioether (sulfide) groups is 1. The van der Waals surface area contributed by atoms with Gasteiger partial charge in [0.05, 0.1) is 7.11 Å². The first-order valence-electron chi connectivity index (χ1n) is 6.79. The van der Waals surface area contributed by atoms with Gasteiger partial charge in [-0.2, -0.15) is 0 Å². The van der Waals surface area contributed by atoms with Gasteiger partial charge in [-0.25, -0.2) is 4.79 Å². The Labute approximate surface area is 129 Å². The first-order valence-corrected chi connectivity index (χ1v) is 7.67. The van der Waals surface area contributed by atoms with E-state index in [9.17, 15) is 9.59 Å². The molecular weight excluding hydrogens is 286 g/mol. The summed E-state index contributed by atoms with van der Waals surface area (Å²) in [5, 5.41) is 0.180. The minimum Gasteiger partial charge on any atom is -0.467 e. The molecule has 5 heteroatoms. The fourth-order valence-corrected chi connectivity index (χ4v) is 3.62. The zero-order valence-corrected chi connectivity index (χ0v) is 13.1. The Balaban J connectivity index is 2.12. The zero-order valence-electron chi connectivity index (χ0n) is 12.2. The summed E-state index contributed by atoms with van der Waals surface area (Å²) >= 11 is 1.68. The molecule has 0 aliphatic carbocycles. The van der Waals surface area contributed by atoms with E-state index in [2.05, 4.69) is 6.58 Å². The van der Waals surface area contributed by atoms with Crippen LogP contribution in [0.25, 0.3) is 0 Å². The summed E-state index contributed by atoms with van der Waals surface area (Å²) in [6.07, 6.45) is 0.602. The summed E-state index contributed by atoms with van der Waals surface area (Å²) in [6.45, 7) is 5.87. The summed E-state index contributed by atoms with van der Waals surface area (Å²) in [5.41, 5.74) is 0.439. The maximum absolute atomic E-state index is 12.2. The van der Waals surface area contributed by atoms with E-state index in [-0.39, 0.29) is 17.1 Å². The highest BCUT2D eigenvalue weighted by Crippen LogP contribution is 2.33. The molecule has 1 aliphatic rings. The molecule has 1 fully saturated rings. The molecule has 1 amide bonds. The normalized spacial score (nSPS) is 21.1. The molecule has 1 aromatic carbocycles. The van der Waals surface area contributed by atoms with Crippen LogP contribution in [0.15, 0.2) is 47.4 Å². The van der Waals surface area contributed by atoms with Gasteiger partial charge >= 0.3 is 5.97 Å². The molecule has 4 nitrogen and oxygen atoms in total. The van der Waals surface area contributed by atoms with Crippen molar-refractivity contribution < 1.29 is 14.3 Å². The Bertz CT molecular complexity index is 544. The van der Waals surface area contributed by atoms with Gasteiger partial charge in [0.2, 0.25) is 5.91 Å². The summed E-state index contributed by atoms with van der Waals surface area (Å²) in [4.78, 5) is 26.8. The van der Waals surface area contributed by atoms with Crippen molar-refractivity contribution in [2.45, 2.75) is 29.5 Å². The molecule has 21 heavy (non-hydrogen) atoms. The molecular formula is C16H19NO3S. The maximum Gasteiger partial charge on any atom is 0.328 e. The third-order valence-corrected chi connectivity index (χ3v) is 4.63. The lowest BCUT2D eigenvalue weighted by molar-refractivity contribution is -0.149. The highest BCUT2D eigenvalue weighted by Gasteiger charge is 2.40. The van der Waals surface area contributed by atoms with E-state index in [1.807, 2.05) is 30.3 Å². The van der Waals surface area contributed by atoms with Crippen LogP contribution in [0.4, 0.5) is 0 Å². The summed E-state index contributed by atoms with van der Waals surface area (Å²) in [6, 6.07) is 9.47. The van der Waals surface area contributed by atoms with Crippen molar-refractivity contribution >= 4 is 23.6 Å². The first kappa shape index (κ1) is 15.6. The number of methoxy groups -OCH3 is 1. The SMILES string of the molecule is C=C(C)C(=O)N1CC(Sc2ccccc2)CC1C(=O)OC. The van der Waals surface area contributed by atoms with Crippen molar-refractivity contribution in [3.05, 3.63) is 42.5 Å². The first-order chi connectivity index (χ1) is 10.0. The molecule has 2 unspecified atom stereocenters. The Morgan fingerprint density at radius 3 is 2.57 bits per heavy atom. The summed E-state index contributed by atoms with van der Waals surface area (Å²) < 4.78 is 4.82. The summed E-state index contributed by atoms with van der Waals surface area (Å²) in [5.74, 6) is -0.540. The van der Waals surface area contributed by atoms with Crippen molar-refractivity contribution in [2.24, 2.45) is 0 Å². The molecule has 0 aromatic heterocycles. The molecule has 1 heterocycles. The van der Waals surface area contributed by atoms with Crippen LogP contribution in [0.2, 0.25) is 0 Å². The van der Waals surface area contributed by atoms with Gasteiger partial charge in [0.1, 0.15) is 6.04 Å². The average molecular weight is 305 g/mol. The number of hydrogen-bond donors (Lipinski definition) is 0. The Morgan fingerprint density at radius 2 is 2.00 bits per heavy atom. The molecule has 0 bridgehead atoms. The minimum atomic E-state index is -0.514. The second-order valence-electron chi connectivity index (χ2n) is 5.07. The molecule has 0 radical (unpaired) electrons. The topological polar surface area (TPSA) is 46.6 Å². The van der Waals surface area contributed by atoms with Gasteiger partial charge in [0.15, 0.2) is 0 Å². The van der Waals surface area contributed by atoms with E-state index in [1.54, 1.807) is 23.6 Å². The van der Waals surface area contributed by atoms with Crippen LogP contribution in [-0.4, -0.2) is 41.7 Å². The number of likely N-dealkylation sites (tertiary alicyclic amines) is 1. The standard InChI is InChI=1S/C16H19NO3S/c1-11(2)15(18)17-10-13(9-14(17)16(19)20-3)21-12-7-5-4-6-8-12/h4-8,13-14H,1,9-10H2,2-3H3. The molecule has 1 aliphatic heterocycles. The second kappa shape index (κ2) is 6.80. The van der Waals surface area contributed by atoms with E-state index in [1.165, 1.54) is 7.11 Å². The largest absolute Gasteiger partial charge is 0.467 e. The van der Waals surface area contributed by atoms with Crippen LogP contribution in [0, 0.1) is 0 Å². The van der Waals surface area contributed by atoms with E-state index >= 15 is 0 Å². The molecule has 0 saturated carbocycles. The van der Waals surface area contributed by atoms with Crippen LogP contribution >= 0.6 is 11.8 Å². The zero-order chi connectivity index (χ0) is 15.4. The average Bonchev–Trinajstić information content (AvgIpc) is 2.90. The van der Waals surface area contributed by atoms with E-state index in [4.69, 9.17) is 4.74 Å². The highest BCUT2D eigenvalue weighted by molar-refractivity contribution is 8.00. The van der Waals surface area contributed by atoms with Gasteiger partial charge in [-0.3, -0.25) is 4.79 Å². The van der Waals surface area contributed by atoms with Gasteiger partial charge in [-0.05, 0) is 25.5 Å². The van der Waals surface area contributed by atoms with E-state index < -0.39 is 6.04 Å². The van der Waals surface area contributed by atoms with Gasteiger partial charge in [-0.15, -0.1) is 11.8 Å². The second-order valence-corrected chi connectivity index (χ2v) is 6.44. The van der Waals surface area contributed by atoms with Crippen molar-refractivity contribution in [3.8, 4) is 0 Å². The number of esters is 1. The molecule has 112 valence electrons. The number of benzene rings is 1. The van der Waals surface area contributed by atoms with Crippen molar-refractivity contribution in [1.29, 1.82) is 0 Å². The predicted molar refractivity (Wildman–Crippen MR) is 83.0 cm³/mol. The predicted octanol–water partition coefficient (Wildman–Crippen LogP) is 2.50. The van der Waals surface area contributed by atoms with Gasteiger partial charge in [0, 0.05) is 22.3 Å². The van der Waals surface area contributed by atoms with Crippen LogP contribution < -0.4 is 0 Å². The number of rotatable bonds is 4. The lowest BCUT2D eigenvalue weighted by Crippen LogP contribution is -2.41. The highest BCUT2D eigenvalue weighted by atomic mass is 32.2. The number of carbonyl (C=O) groups excluding carboxylic acids is 2. The molecule has 1 saturated heterocycles. The van der Waals surface area contributed by atoms with Crippen LogP contribution in [0.1, 0.15) is 13.3 Å². The number of amides is 1. The van der Waals surface area contributed by atoms with E-state index in [0.717, 1.165) is 4.90 Å². The smallest absolute Gasteiger partial charge is 0.328 e. The lowest BCUT2D eigenvalue weighted by Gasteiger charge is -2.22. The third-order valence-electron chi connectivity index (χ3n) is 3.41. The number of carbonyl (C=O) groups is 2.